The van der Waals surface area contributed by atoms with Crippen molar-refractivity contribution in [1.29, 1.82) is 0 Å². The van der Waals surface area contributed by atoms with Crippen LogP contribution in [0.5, 0.6) is 5.75 Å². The standard InChI is InChI=1S/C16H18N4O4/c1-22-14-5-2-4-12(8-14)16-17-19-20(18-16)9-13(21)10-23-11-15-6-3-7-24-15/h2-8,13,21H,9-11H2,1H3. The lowest BCUT2D eigenvalue weighted by Gasteiger charge is -2.09. The second kappa shape index (κ2) is 7.71. The van der Waals surface area contributed by atoms with E-state index in [2.05, 4.69) is 15.4 Å². The zero-order chi connectivity index (χ0) is 16.8. The van der Waals surface area contributed by atoms with E-state index < -0.39 is 6.10 Å². The Balaban J connectivity index is 1.53. The maximum absolute atomic E-state index is 9.99. The molecule has 3 aromatic rings. The van der Waals surface area contributed by atoms with Crippen LogP contribution in [0.2, 0.25) is 0 Å². The van der Waals surface area contributed by atoms with Crippen molar-refractivity contribution in [3.05, 3.63) is 48.4 Å². The molecular formula is C16H18N4O4. The van der Waals surface area contributed by atoms with E-state index in [1.165, 1.54) is 4.80 Å². The Hall–Kier alpha value is -2.71. The van der Waals surface area contributed by atoms with E-state index in [0.717, 1.165) is 11.3 Å². The number of hydrogen-bond acceptors (Lipinski definition) is 7. The number of hydrogen-bond donors (Lipinski definition) is 1. The van der Waals surface area contributed by atoms with Crippen LogP contribution in [0.4, 0.5) is 0 Å². The van der Waals surface area contributed by atoms with E-state index in [0.29, 0.717) is 18.2 Å². The number of methoxy groups -OCH3 is 1. The van der Waals surface area contributed by atoms with Crippen LogP contribution in [-0.4, -0.2) is 45.1 Å². The Labute approximate surface area is 138 Å². The molecule has 0 bridgehead atoms. The predicted octanol–water partition coefficient (Wildman–Crippen LogP) is 1.52. The molecule has 0 radical (unpaired) electrons. The smallest absolute Gasteiger partial charge is 0.205 e. The number of ether oxygens (including phenoxy) is 2. The maximum Gasteiger partial charge on any atom is 0.205 e. The first-order chi connectivity index (χ1) is 11.7. The third kappa shape index (κ3) is 4.18. The van der Waals surface area contributed by atoms with Gasteiger partial charge in [-0.05, 0) is 29.5 Å². The molecule has 1 N–H and O–H groups in total. The van der Waals surface area contributed by atoms with E-state index >= 15 is 0 Å². The van der Waals surface area contributed by atoms with Crippen LogP contribution in [0.15, 0.2) is 47.1 Å². The number of aliphatic hydroxyl groups excluding tert-OH is 1. The Morgan fingerprint density at radius 1 is 1.29 bits per heavy atom. The molecular weight excluding hydrogens is 312 g/mol. The lowest BCUT2D eigenvalue weighted by molar-refractivity contribution is 0.0111. The Kier molecular flexibility index (Phi) is 5.19. The molecule has 2 heterocycles. The average molecular weight is 330 g/mol. The van der Waals surface area contributed by atoms with E-state index in [1.54, 1.807) is 19.4 Å². The second-order valence-corrected chi connectivity index (χ2v) is 5.15. The van der Waals surface area contributed by atoms with Crippen LogP contribution < -0.4 is 4.74 Å². The first-order valence-electron chi connectivity index (χ1n) is 7.45. The van der Waals surface area contributed by atoms with E-state index in [9.17, 15) is 5.11 Å². The highest BCUT2D eigenvalue weighted by atomic mass is 16.5. The summed E-state index contributed by atoms with van der Waals surface area (Å²) >= 11 is 0. The third-order valence-corrected chi connectivity index (χ3v) is 3.29. The summed E-state index contributed by atoms with van der Waals surface area (Å²) < 4.78 is 15.7. The normalized spacial score (nSPS) is 12.2. The van der Waals surface area contributed by atoms with Crippen LogP contribution in [0.1, 0.15) is 5.76 Å². The van der Waals surface area contributed by atoms with Gasteiger partial charge in [-0.2, -0.15) is 4.80 Å². The van der Waals surface area contributed by atoms with Crippen molar-refractivity contribution in [1.82, 2.24) is 20.2 Å². The molecule has 0 aliphatic carbocycles. The number of aliphatic hydroxyl groups is 1. The van der Waals surface area contributed by atoms with E-state index in [-0.39, 0.29) is 13.2 Å². The van der Waals surface area contributed by atoms with Crippen molar-refractivity contribution < 1.29 is 19.0 Å². The first kappa shape index (κ1) is 16.2. The lowest BCUT2D eigenvalue weighted by atomic mass is 10.2. The minimum absolute atomic E-state index is 0.150. The highest BCUT2D eigenvalue weighted by Crippen LogP contribution is 2.19. The fraction of sp³-hybridized carbons (Fsp3) is 0.312. The number of benzene rings is 1. The molecule has 0 saturated heterocycles. The molecule has 24 heavy (non-hydrogen) atoms. The number of rotatable bonds is 8. The highest BCUT2D eigenvalue weighted by Gasteiger charge is 2.11. The molecule has 0 amide bonds. The van der Waals surface area contributed by atoms with Crippen LogP contribution in [0.3, 0.4) is 0 Å². The molecule has 3 rings (SSSR count). The lowest BCUT2D eigenvalue weighted by Crippen LogP contribution is -2.23. The van der Waals surface area contributed by atoms with Crippen LogP contribution in [-0.2, 0) is 17.9 Å². The molecule has 0 saturated carbocycles. The average Bonchev–Trinajstić information content (AvgIpc) is 3.27. The number of aromatic nitrogens is 4. The molecule has 0 aliphatic rings. The summed E-state index contributed by atoms with van der Waals surface area (Å²) in [5.74, 6) is 1.90. The Morgan fingerprint density at radius 3 is 3.00 bits per heavy atom. The molecule has 0 fully saturated rings. The summed E-state index contributed by atoms with van der Waals surface area (Å²) in [6.45, 7) is 0.649. The van der Waals surface area contributed by atoms with Gasteiger partial charge in [0.2, 0.25) is 5.82 Å². The molecule has 1 atom stereocenters. The van der Waals surface area contributed by atoms with Gasteiger partial charge < -0.3 is 19.0 Å². The Bertz CT molecular complexity index is 757. The maximum atomic E-state index is 9.99. The zero-order valence-electron chi connectivity index (χ0n) is 13.2. The van der Waals surface area contributed by atoms with Crippen molar-refractivity contribution in [3.63, 3.8) is 0 Å². The number of tetrazole rings is 1. The predicted molar refractivity (Wildman–Crippen MR) is 84.2 cm³/mol. The van der Waals surface area contributed by atoms with Gasteiger partial charge in [0.05, 0.1) is 32.6 Å². The minimum Gasteiger partial charge on any atom is -0.497 e. The van der Waals surface area contributed by atoms with Crippen LogP contribution in [0, 0.1) is 0 Å². The van der Waals surface area contributed by atoms with Gasteiger partial charge in [-0.1, -0.05) is 12.1 Å². The molecule has 126 valence electrons. The van der Waals surface area contributed by atoms with Crippen LogP contribution in [0.25, 0.3) is 11.4 Å². The summed E-state index contributed by atoms with van der Waals surface area (Å²) in [7, 11) is 1.60. The summed E-state index contributed by atoms with van der Waals surface area (Å²) in [5.41, 5.74) is 0.796. The van der Waals surface area contributed by atoms with Gasteiger partial charge in [-0.25, -0.2) is 0 Å². The van der Waals surface area contributed by atoms with Gasteiger partial charge in [0, 0.05) is 5.56 Å². The van der Waals surface area contributed by atoms with Crippen molar-refractivity contribution >= 4 is 0 Å². The molecule has 8 nitrogen and oxygen atoms in total. The molecule has 1 aromatic carbocycles. The highest BCUT2D eigenvalue weighted by molar-refractivity contribution is 5.56. The molecule has 2 aromatic heterocycles. The molecule has 0 spiro atoms. The SMILES string of the molecule is COc1cccc(-c2nnn(CC(O)COCc3ccco3)n2)c1. The van der Waals surface area contributed by atoms with Gasteiger partial charge in [-0.15, -0.1) is 10.2 Å². The van der Waals surface area contributed by atoms with Gasteiger partial charge in [-0.3, -0.25) is 0 Å². The molecule has 0 aliphatic heterocycles. The fourth-order valence-electron chi connectivity index (χ4n) is 2.13. The van der Waals surface area contributed by atoms with Crippen molar-refractivity contribution in [2.24, 2.45) is 0 Å². The summed E-state index contributed by atoms with van der Waals surface area (Å²) in [6.07, 6.45) is 0.835. The van der Waals surface area contributed by atoms with Gasteiger partial charge in [0.15, 0.2) is 0 Å². The van der Waals surface area contributed by atoms with Gasteiger partial charge in [0.25, 0.3) is 0 Å². The van der Waals surface area contributed by atoms with Crippen molar-refractivity contribution in [3.8, 4) is 17.1 Å². The second-order valence-electron chi connectivity index (χ2n) is 5.15. The fourth-order valence-corrected chi connectivity index (χ4v) is 2.13. The Morgan fingerprint density at radius 2 is 2.21 bits per heavy atom. The molecule has 1 unspecified atom stereocenters. The summed E-state index contributed by atoms with van der Waals surface area (Å²) in [5, 5.41) is 22.2. The molecule has 8 heteroatoms. The van der Waals surface area contributed by atoms with E-state index in [1.807, 2.05) is 30.3 Å². The summed E-state index contributed by atoms with van der Waals surface area (Å²) in [6, 6.07) is 11.0. The zero-order valence-corrected chi connectivity index (χ0v) is 13.2. The number of nitrogens with zero attached hydrogens (tertiary/aromatic N) is 4. The van der Waals surface area contributed by atoms with Crippen molar-refractivity contribution in [2.75, 3.05) is 13.7 Å². The first-order valence-corrected chi connectivity index (χ1v) is 7.45. The van der Waals surface area contributed by atoms with Crippen molar-refractivity contribution in [2.45, 2.75) is 19.3 Å². The topological polar surface area (TPSA) is 95.4 Å². The monoisotopic (exact) mass is 330 g/mol. The minimum atomic E-state index is -0.743. The number of furan rings is 1. The van der Waals surface area contributed by atoms with E-state index in [4.69, 9.17) is 13.9 Å². The van der Waals surface area contributed by atoms with Gasteiger partial charge >= 0.3 is 0 Å². The third-order valence-electron chi connectivity index (χ3n) is 3.29. The van der Waals surface area contributed by atoms with Crippen LogP contribution >= 0.6 is 0 Å². The van der Waals surface area contributed by atoms with Gasteiger partial charge in [0.1, 0.15) is 18.1 Å². The summed E-state index contributed by atoms with van der Waals surface area (Å²) in [4.78, 5) is 1.34. The largest absolute Gasteiger partial charge is 0.497 e. The quantitative estimate of drug-likeness (QED) is 0.669.